The van der Waals surface area contributed by atoms with Crippen LogP contribution in [0.3, 0.4) is 0 Å². The van der Waals surface area contributed by atoms with Crippen LogP contribution in [0.15, 0.2) is 24.3 Å². The molecule has 0 saturated carbocycles. The lowest BCUT2D eigenvalue weighted by atomic mass is 9.76. The maximum atomic E-state index is 3.63. The van der Waals surface area contributed by atoms with Gasteiger partial charge in [-0.05, 0) is 85.8 Å². The normalized spacial score (nSPS) is 14.6. The predicted octanol–water partition coefficient (Wildman–Crippen LogP) is 4.02. The van der Waals surface area contributed by atoms with E-state index in [9.17, 15) is 0 Å². The molecule has 2 aromatic rings. The topological polar surface area (TPSA) is 24.1 Å². The molecule has 0 heterocycles. The van der Waals surface area contributed by atoms with Gasteiger partial charge >= 0.3 is 0 Å². The van der Waals surface area contributed by atoms with Gasteiger partial charge in [0.05, 0.1) is 0 Å². The highest BCUT2D eigenvalue weighted by Crippen LogP contribution is 2.50. The Kier molecular flexibility index (Phi) is 4.54. The fraction of sp³-hybridized carbons (Fsp3) is 0.455. The zero-order valence-corrected chi connectivity index (χ0v) is 15.9. The molecule has 2 aromatic carbocycles. The highest BCUT2D eigenvalue weighted by Gasteiger charge is 2.43. The number of hydrogen-bond donors (Lipinski definition) is 2. The monoisotopic (exact) mass is 322 g/mol. The second-order valence-corrected chi connectivity index (χ2v) is 7.36. The van der Waals surface area contributed by atoms with E-state index in [0.717, 1.165) is 19.6 Å². The maximum Gasteiger partial charge on any atom is 0.0463 e. The second kappa shape index (κ2) is 6.34. The summed E-state index contributed by atoms with van der Waals surface area (Å²) in [6.45, 7) is 14.0. The second-order valence-electron chi connectivity index (χ2n) is 7.36. The summed E-state index contributed by atoms with van der Waals surface area (Å²) < 4.78 is 0. The molecule has 1 aliphatic rings. The smallest absolute Gasteiger partial charge is 0.0463 e. The Hall–Kier alpha value is -1.64. The number of benzene rings is 2. The number of aryl methyl sites for hydroxylation is 4. The van der Waals surface area contributed by atoms with Crippen LogP contribution >= 0.6 is 0 Å². The molecule has 1 aliphatic carbocycles. The summed E-state index contributed by atoms with van der Waals surface area (Å²) in [5, 5.41) is 7.10. The average Bonchev–Trinajstić information content (AvgIpc) is 2.77. The highest BCUT2D eigenvalue weighted by atomic mass is 14.9. The summed E-state index contributed by atoms with van der Waals surface area (Å²) >= 11 is 0. The van der Waals surface area contributed by atoms with Crippen molar-refractivity contribution in [2.45, 2.75) is 40.0 Å². The molecule has 3 rings (SSSR count). The molecule has 0 spiro atoms. The van der Waals surface area contributed by atoms with E-state index >= 15 is 0 Å². The van der Waals surface area contributed by atoms with E-state index in [0.29, 0.717) is 0 Å². The van der Waals surface area contributed by atoms with Gasteiger partial charge in [0.15, 0.2) is 0 Å². The summed E-state index contributed by atoms with van der Waals surface area (Å²) in [5.41, 5.74) is 11.3. The molecule has 0 aliphatic heterocycles. The first-order chi connectivity index (χ1) is 11.4. The third-order valence-corrected chi connectivity index (χ3v) is 5.74. The SMILES string of the molecule is CCNCC1(CNC)c2cc(C)c(C)cc2-c2cc(C)c(C)cc21. The van der Waals surface area contributed by atoms with Gasteiger partial charge in [-0.1, -0.05) is 31.2 Å². The minimum Gasteiger partial charge on any atom is -0.318 e. The Morgan fingerprint density at radius 2 is 1.21 bits per heavy atom. The van der Waals surface area contributed by atoms with E-state index in [1.54, 1.807) is 0 Å². The zero-order chi connectivity index (χ0) is 17.5. The number of likely N-dealkylation sites (N-methyl/N-ethyl adjacent to an activating group) is 2. The predicted molar refractivity (Wildman–Crippen MR) is 104 cm³/mol. The van der Waals surface area contributed by atoms with Gasteiger partial charge in [-0.3, -0.25) is 0 Å². The van der Waals surface area contributed by atoms with Gasteiger partial charge in [-0.15, -0.1) is 0 Å². The first-order valence-electron chi connectivity index (χ1n) is 9.03. The molecule has 0 saturated heterocycles. The van der Waals surface area contributed by atoms with Crippen molar-refractivity contribution < 1.29 is 0 Å². The molecule has 2 heteroatoms. The van der Waals surface area contributed by atoms with Crippen LogP contribution in [0.4, 0.5) is 0 Å². The molecule has 0 unspecified atom stereocenters. The molecule has 24 heavy (non-hydrogen) atoms. The molecular weight excluding hydrogens is 292 g/mol. The van der Waals surface area contributed by atoms with Crippen molar-refractivity contribution in [1.82, 2.24) is 10.6 Å². The van der Waals surface area contributed by atoms with Crippen molar-refractivity contribution >= 4 is 0 Å². The molecule has 2 N–H and O–H groups in total. The van der Waals surface area contributed by atoms with Crippen LogP contribution < -0.4 is 10.6 Å². The summed E-state index contributed by atoms with van der Waals surface area (Å²) in [5.74, 6) is 0. The standard InChI is InChI=1S/C22H30N2/c1-7-24-13-22(12-23-6)20-10-16(4)14(2)8-18(20)19-9-15(3)17(5)11-21(19)22/h8-11,23-24H,7,12-13H2,1-6H3. The third kappa shape index (κ3) is 2.49. The van der Waals surface area contributed by atoms with Crippen molar-refractivity contribution in [3.05, 3.63) is 57.6 Å². The summed E-state index contributed by atoms with van der Waals surface area (Å²) in [4.78, 5) is 0. The number of fused-ring (bicyclic) bond motifs is 3. The lowest BCUT2D eigenvalue weighted by molar-refractivity contribution is 0.459. The molecule has 0 radical (unpaired) electrons. The quantitative estimate of drug-likeness (QED) is 0.869. The van der Waals surface area contributed by atoms with Crippen LogP contribution in [0.25, 0.3) is 11.1 Å². The highest BCUT2D eigenvalue weighted by molar-refractivity contribution is 5.83. The van der Waals surface area contributed by atoms with Crippen LogP contribution in [0.2, 0.25) is 0 Å². The molecule has 0 bridgehead atoms. The maximum absolute atomic E-state index is 3.63. The third-order valence-electron chi connectivity index (χ3n) is 5.74. The first kappa shape index (κ1) is 17.2. The lowest BCUT2D eigenvalue weighted by Gasteiger charge is -2.33. The molecule has 0 aromatic heterocycles. The van der Waals surface area contributed by atoms with Crippen LogP contribution in [0.1, 0.15) is 40.3 Å². The fourth-order valence-electron chi connectivity index (χ4n) is 4.10. The lowest BCUT2D eigenvalue weighted by Crippen LogP contribution is -2.45. The summed E-state index contributed by atoms with van der Waals surface area (Å²) in [7, 11) is 2.06. The minimum absolute atomic E-state index is 0.00630. The Labute approximate surface area is 146 Å². The van der Waals surface area contributed by atoms with Crippen LogP contribution in [-0.2, 0) is 5.41 Å². The Bertz CT molecular complexity index is 717. The van der Waals surface area contributed by atoms with Crippen molar-refractivity contribution in [2.75, 3.05) is 26.7 Å². The van der Waals surface area contributed by atoms with E-state index in [4.69, 9.17) is 0 Å². The summed E-state index contributed by atoms with van der Waals surface area (Å²) in [6, 6.07) is 9.62. The number of rotatable bonds is 5. The van der Waals surface area contributed by atoms with E-state index in [-0.39, 0.29) is 5.41 Å². The molecular formula is C22H30N2. The average molecular weight is 322 g/mol. The van der Waals surface area contributed by atoms with Crippen molar-refractivity contribution in [3.8, 4) is 11.1 Å². The Morgan fingerprint density at radius 1 is 0.750 bits per heavy atom. The van der Waals surface area contributed by atoms with E-state index < -0.39 is 0 Å². The van der Waals surface area contributed by atoms with E-state index in [1.807, 2.05) is 0 Å². The van der Waals surface area contributed by atoms with Crippen molar-refractivity contribution in [3.63, 3.8) is 0 Å². The largest absolute Gasteiger partial charge is 0.318 e. The van der Waals surface area contributed by atoms with E-state index in [2.05, 4.69) is 76.6 Å². The molecule has 0 atom stereocenters. The number of nitrogens with one attached hydrogen (secondary N) is 2. The van der Waals surface area contributed by atoms with Crippen molar-refractivity contribution in [2.24, 2.45) is 0 Å². The number of hydrogen-bond acceptors (Lipinski definition) is 2. The Balaban J connectivity index is 2.33. The van der Waals surface area contributed by atoms with Gasteiger partial charge in [0.25, 0.3) is 0 Å². The van der Waals surface area contributed by atoms with Crippen molar-refractivity contribution in [1.29, 1.82) is 0 Å². The van der Waals surface area contributed by atoms with Gasteiger partial charge in [0.2, 0.25) is 0 Å². The van der Waals surface area contributed by atoms with Crippen LogP contribution in [0, 0.1) is 27.7 Å². The Morgan fingerprint density at radius 3 is 1.62 bits per heavy atom. The minimum atomic E-state index is 0.00630. The van der Waals surface area contributed by atoms with Gasteiger partial charge in [0, 0.05) is 18.5 Å². The molecule has 2 nitrogen and oxygen atoms in total. The van der Waals surface area contributed by atoms with Crippen LogP contribution in [0.5, 0.6) is 0 Å². The van der Waals surface area contributed by atoms with Gasteiger partial charge in [-0.25, -0.2) is 0 Å². The van der Waals surface area contributed by atoms with Crippen LogP contribution in [-0.4, -0.2) is 26.7 Å². The molecule has 0 amide bonds. The first-order valence-corrected chi connectivity index (χ1v) is 9.03. The van der Waals surface area contributed by atoms with E-state index in [1.165, 1.54) is 44.5 Å². The fourth-order valence-corrected chi connectivity index (χ4v) is 4.10. The zero-order valence-electron chi connectivity index (χ0n) is 15.9. The van der Waals surface area contributed by atoms with Gasteiger partial charge in [0.1, 0.15) is 0 Å². The molecule has 0 fully saturated rings. The molecule has 128 valence electrons. The van der Waals surface area contributed by atoms with Gasteiger partial charge < -0.3 is 10.6 Å². The summed E-state index contributed by atoms with van der Waals surface area (Å²) in [6.07, 6.45) is 0. The van der Waals surface area contributed by atoms with Gasteiger partial charge in [-0.2, -0.15) is 0 Å².